The molecule has 0 saturated heterocycles. The molecule has 0 fully saturated rings. The van der Waals surface area contributed by atoms with Crippen LogP contribution in [0.3, 0.4) is 0 Å². The highest BCUT2D eigenvalue weighted by atomic mass is 127. The predicted octanol–water partition coefficient (Wildman–Crippen LogP) is 13.3. The van der Waals surface area contributed by atoms with Gasteiger partial charge in [-0.25, -0.2) is 0 Å². The van der Waals surface area contributed by atoms with E-state index in [1.807, 2.05) is 36.4 Å². The molecule has 0 amide bonds. The number of nitrogens with zero attached hydrogens (tertiary/aromatic N) is 1. The molecule has 0 radical (unpaired) electrons. The van der Waals surface area contributed by atoms with Crippen LogP contribution in [0.4, 0.5) is 5.69 Å². The lowest BCUT2D eigenvalue weighted by molar-refractivity contribution is 1.17. The van der Waals surface area contributed by atoms with Gasteiger partial charge < -0.3 is 10.3 Å². The van der Waals surface area contributed by atoms with Crippen molar-refractivity contribution in [2.45, 2.75) is 0 Å². The van der Waals surface area contributed by atoms with Crippen LogP contribution in [0.2, 0.25) is 10.0 Å². The number of aromatic nitrogens is 1. The summed E-state index contributed by atoms with van der Waals surface area (Å²) in [7, 11) is 0. The lowest BCUT2D eigenvalue weighted by atomic mass is 10.0. The maximum Gasteiger partial charge on any atom is 0.131 e. The maximum absolute atomic E-state index is 6.20. The van der Waals surface area contributed by atoms with Gasteiger partial charge in [0.05, 0.1) is 22.8 Å². The molecule has 0 aliphatic heterocycles. The smallest absolute Gasteiger partial charge is 0.131 e. The second kappa shape index (κ2) is 15.4. The molecule has 1 aliphatic carbocycles. The molecule has 1 aromatic heterocycles. The number of halogens is 6. The van der Waals surface area contributed by atoms with Gasteiger partial charge in [-0.3, -0.25) is 0 Å². The summed E-state index contributed by atoms with van der Waals surface area (Å²) < 4.78 is 6.69. The van der Waals surface area contributed by atoms with E-state index in [9.17, 15) is 0 Å². The summed E-state index contributed by atoms with van der Waals surface area (Å²) >= 11 is 23.4. The molecule has 0 unspecified atom stereocenters. The highest BCUT2D eigenvalue weighted by Crippen LogP contribution is 2.35. The van der Waals surface area contributed by atoms with Crippen molar-refractivity contribution in [2.24, 2.45) is 0 Å². The van der Waals surface area contributed by atoms with E-state index in [2.05, 4.69) is 167 Å². The van der Waals surface area contributed by atoms with Crippen molar-refractivity contribution >= 4 is 133 Å². The zero-order valence-electron chi connectivity index (χ0n) is 22.9. The van der Waals surface area contributed by atoms with E-state index in [-0.39, 0.29) is 0 Å². The Hall–Kier alpha value is -2.17. The van der Waals surface area contributed by atoms with Gasteiger partial charge in [0.25, 0.3) is 0 Å². The Bertz CT molecular complexity index is 2010. The monoisotopic (exact) mass is 965 g/mol. The van der Waals surface area contributed by atoms with Gasteiger partial charge in [-0.05, 0) is 109 Å². The van der Waals surface area contributed by atoms with Gasteiger partial charge in [-0.15, -0.1) is 0 Å². The Labute approximate surface area is 311 Å². The predicted molar refractivity (Wildman–Crippen MR) is 214 cm³/mol. The third-order valence-corrected chi connectivity index (χ3v) is 10.4. The maximum atomic E-state index is 6.20. The third kappa shape index (κ3) is 7.79. The number of benzene rings is 5. The van der Waals surface area contributed by atoms with E-state index in [4.69, 9.17) is 28.9 Å². The average Bonchev–Trinajstić information content (AvgIpc) is 3.36. The molecule has 1 aliphatic rings. The molecule has 44 heavy (non-hydrogen) atoms. The van der Waals surface area contributed by atoms with Crippen molar-refractivity contribution in [1.82, 2.24) is 4.57 Å². The molecular formula is C36H23Br2Cl2I2N2+. The van der Waals surface area contributed by atoms with Gasteiger partial charge in [0.2, 0.25) is 0 Å². The SMILES string of the molecule is Clc1ccc(Br)c(-n2c3ccccc3c3ccccc32)c1.IC1=C(c2ccccc2I)C=C[C+]=C1.Nc1cc(Cl)ccc1Br. The van der Waals surface area contributed by atoms with Gasteiger partial charge in [0, 0.05) is 73.3 Å². The minimum Gasteiger partial charge on any atom is -0.398 e. The van der Waals surface area contributed by atoms with Crippen molar-refractivity contribution in [1.29, 1.82) is 0 Å². The van der Waals surface area contributed by atoms with Gasteiger partial charge in [0.15, 0.2) is 0 Å². The second-order valence-electron chi connectivity index (χ2n) is 9.52. The standard InChI is InChI=1S/C18H11BrClN.C12H7I2.C6H5BrClN/c19-15-10-9-12(20)11-18(15)21-16-7-3-1-5-13(16)14-6-2-4-8-17(14)21;13-11-7-3-1-5-9(11)10-6-2-4-8-12(10)14;7-5-2-1-4(8)3-6(5)9/h1-11H;1-3,5-8H;1-3H,9H2/q;+1;. The van der Waals surface area contributed by atoms with Crippen LogP contribution in [0.15, 0.2) is 140 Å². The van der Waals surface area contributed by atoms with Crippen LogP contribution in [0.1, 0.15) is 5.56 Å². The van der Waals surface area contributed by atoms with Crippen LogP contribution >= 0.6 is 100 Å². The average molecular weight is 968 g/mol. The number of para-hydroxylation sites is 2. The highest BCUT2D eigenvalue weighted by Gasteiger charge is 2.15. The molecule has 218 valence electrons. The van der Waals surface area contributed by atoms with Crippen molar-refractivity contribution in [3.8, 4) is 5.69 Å². The fourth-order valence-electron chi connectivity index (χ4n) is 4.66. The molecule has 2 nitrogen and oxygen atoms in total. The lowest BCUT2D eigenvalue weighted by Gasteiger charge is -2.10. The molecule has 0 bridgehead atoms. The van der Waals surface area contributed by atoms with Crippen LogP contribution in [-0.2, 0) is 0 Å². The van der Waals surface area contributed by atoms with Crippen molar-refractivity contribution in [3.05, 3.63) is 165 Å². The molecular weight excluding hydrogens is 945 g/mol. The molecule has 5 aromatic carbocycles. The van der Waals surface area contributed by atoms with Crippen LogP contribution in [0, 0.1) is 9.65 Å². The van der Waals surface area contributed by atoms with E-state index in [1.165, 1.54) is 40.1 Å². The summed E-state index contributed by atoms with van der Waals surface area (Å²) in [6.45, 7) is 0. The Morgan fingerprint density at radius 1 is 0.682 bits per heavy atom. The van der Waals surface area contributed by atoms with Gasteiger partial charge in [0.1, 0.15) is 21.3 Å². The molecule has 1 heterocycles. The molecule has 2 N–H and O–H groups in total. The molecule has 8 heteroatoms. The van der Waals surface area contributed by atoms with Crippen LogP contribution in [0.5, 0.6) is 0 Å². The topological polar surface area (TPSA) is 30.9 Å². The first kappa shape index (κ1) is 33.2. The van der Waals surface area contributed by atoms with Gasteiger partial charge in [-0.1, -0.05) is 77.8 Å². The first-order valence-electron chi connectivity index (χ1n) is 13.3. The Balaban J connectivity index is 0.000000144. The van der Waals surface area contributed by atoms with E-state index < -0.39 is 0 Å². The second-order valence-corrected chi connectivity index (χ2v) is 14.4. The summed E-state index contributed by atoms with van der Waals surface area (Å²) in [6, 6.07) is 36.5. The van der Waals surface area contributed by atoms with E-state index in [1.54, 1.807) is 12.1 Å². The summed E-state index contributed by atoms with van der Waals surface area (Å²) in [5.74, 6) is 0. The Kier molecular flexibility index (Phi) is 11.6. The number of nitrogen functional groups attached to an aromatic ring is 1. The first-order valence-corrected chi connectivity index (χ1v) is 17.8. The summed E-state index contributed by atoms with van der Waals surface area (Å²) in [5.41, 5.74) is 12.2. The minimum atomic E-state index is 0.663. The van der Waals surface area contributed by atoms with E-state index >= 15 is 0 Å². The van der Waals surface area contributed by atoms with Gasteiger partial charge >= 0.3 is 0 Å². The fourth-order valence-corrected chi connectivity index (χ4v) is 7.01. The van der Waals surface area contributed by atoms with Gasteiger partial charge in [-0.2, -0.15) is 0 Å². The zero-order valence-corrected chi connectivity index (χ0v) is 31.9. The van der Waals surface area contributed by atoms with Crippen molar-refractivity contribution < 1.29 is 0 Å². The molecule has 0 atom stereocenters. The van der Waals surface area contributed by atoms with Crippen molar-refractivity contribution in [2.75, 3.05) is 5.73 Å². The number of allylic oxidation sites excluding steroid dienone is 6. The molecule has 0 spiro atoms. The Morgan fingerprint density at radius 2 is 1.25 bits per heavy atom. The molecule has 6 aromatic rings. The Morgan fingerprint density at radius 3 is 1.84 bits per heavy atom. The van der Waals surface area contributed by atoms with Crippen LogP contribution in [-0.4, -0.2) is 4.57 Å². The van der Waals surface area contributed by atoms with Crippen LogP contribution in [0.25, 0.3) is 33.1 Å². The quantitative estimate of drug-likeness (QED) is 0.105. The number of anilines is 1. The van der Waals surface area contributed by atoms with Crippen LogP contribution < -0.4 is 5.73 Å². The number of rotatable bonds is 2. The first-order chi connectivity index (χ1) is 21.2. The number of hydrogen-bond acceptors (Lipinski definition) is 1. The molecule has 7 rings (SSSR count). The largest absolute Gasteiger partial charge is 0.398 e. The molecule has 0 saturated carbocycles. The lowest BCUT2D eigenvalue weighted by Crippen LogP contribution is -1.94. The summed E-state index contributed by atoms with van der Waals surface area (Å²) in [5, 5.41) is 3.89. The minimum absolute atomic E-state index is 0.663. The number of fused-ring (bicyclic) bond motifs is 3. The highest BCUT2D eigenvalue weighted by molar-refractivity contribution is 14.1. The summed E-state index contributed by atoms with van der Waals surface area (Å²) in [4.78, 5) is 0. The summed E-state index contributed by atoms with van der Waals surface area (Å²) in [6.07, 6.45) is 9.16. The van der Waals surface area contributed by atoms with E-state index in [0.717, 1.165) is 19.7 Å². The fraction of sp³-hybridized carbons (Fsp3) is 0. The number of nitrogens with two attached hydrogens (primary N) is 1. The zero-order chi connectivity index (χ0) is 31.2. The normalized spacial score (nSPS) is 12.0. The van der Waals surface area contributed by atoms with Crippen molar-refractivity contribution in [3.63, 3.8) is 0 Å². The third-order valence-electron chi connectivity index (χ3n) is 6.66. The van der Waals surface area contributed by atoms with E-state index in [0.29, 0.717) is 10.7 Å². The number of hydrogen-bond donors (Lipinski definition) is 1.